The Hall–Kier alpha value is -1.84. The number of ketones is 1. The molecular weight excluding hydrogens is 309 g/mol. The molecular formula is C16H13Cl2NO2. The summed E-state index contributed by atoms with van der Waals surface area (Å²) in [6, 6.07) is 13.6. The fourth-order valence-electron chi connectivity index (χ4n) is 1.79. The maximum Gasteiger partial charge on any atom is 0.224 e. The zero-order valence-corrected chi connectivity index (χ0v) is 12.6. The molecule has 3 nitrogen and oxygen atoms in total. The van der Waals surface area contributed by atoms with Crippen LogP contribution in [0.3, 0.4) is 0 Å². The van der Waals surface area contributed by atoms with Gasteiger partial charge in [0, 0.05) is 15.6 Å². The predicted octanol–water partition coefficient (Wildman–Crippen LogP) is 3.54. The zero-order chi connectivity index (χ0) is 15.2. The van der Waals surface area contributed by atoms with Gasteiger partial charge < -0.3 is 5.32 Å². The van der Waals surface area contributed by atoms with Gasteiger partial charge >= 0.3 is 0 Å². The number of carbonyl (C=O) groups is 2. The second-order valence-corrected chi connectivity index (χ2v) is 5.39. The number of benzene rings is 2. The lowest BCUT2D eigenvalue weighted by Gasteiger charge is -2.05. The fourth-order valence-corrected chi connectivity index (χ4v) is 2.11. The number of rotatable bonds is 5. The summed E-state index contributed by atoms with van der Waals surface area (Å²) in [7, 11) is 0. The van der Waals surface area contributed by atoms with Crippen molar-refractivity contribution < 1.29 is 9.59 Å². The molecule has 0 unspecified atom stereocenters. The SMILES string of the molecule is O=C(Cc1ccc(Cl)cc1)NCC(=O)c1cccc(Cl)c1. The van der Waals surface area contributed by atoms with Gasteiger partial charge in [-0.2, -0.15) is 0 Å². The van der Waals surface area contributed by atoms with Crippen molar-refractivity contribution in [1.82, 2.24) is 5.32 Å². The molecule has 5 heteroatoms. The molecule has 0 bridgehead atoms. The summed E-state index contributed by atoms with van der Waals surface area (Å²) < 4.78 is 0. The number of hydrogen-bond acceptors (Lipinski definition) is 2. The molecule has 2 rings (SSSR count). The third kappa shape index (κ3) is 4.88. The fraction of sp³-hybridized carbons (Fsp3) is 0.125. The van der Waals surface area contributed by atoms with Gasteiger partial charge in [-0.25, -0.2) is 0 Å². The highest BCUT2D eigenvalue weighted by molar-refractivity contribution is 6.31. The highest BCUT2D eigenvalue weighted by Gasteiger charge is 2.09. The maximum absolute atomic E-state index is 11.9. The Bertz CT molecular complexity index is 654. The zero-order valence-electron chi connectivity index (χ0n) is 11.1. The van der Waals surface area contributed by atoms with Crippen LogP contribution < -0.4 is 5.32 Å². The smallest absolute Gasteiger partial charge is 0.224 e. The van der Waals surface area contributed by atoms with Crippen molar-refractivity contribution in [2.45, 2.75) is 6.42 Å². The van der Waals surface area contributed by atoms with Crippen LogP contribution >= 0.6 is 23.2 Å². The van der Waals surface area contributed by atoms with E-state index in [1.54, 1.807) is 48.5 Å². The second-order valence-electron chi connectivity index (χ2n) is 4.51. The Morgan fingerprint density at radius 2 is 1.67 bits per heavy atom. The molecule has 0 heterocycles. The Morgan fingerprint density at radius 3 is 2.33 bits per heavy atom. The molecule has 0 radical (unpaired) electrons. The number of halogens is 2. The Morgan fingerprint density at radius 1 is 0.952 bits per heavy atom. The lowest BCUT2D eigenvalue weighted by Crippen LogP contribution is -2.30. The van der Waals surface area contributed by atoms with Gasteiger partial charge in [-0.3, -0.25) is 9.59 Å². The van der Waals surface area contributed by atoms with Crippen LogP contribution in [0, 0.1) is 0 Å². The van der Waals surface area contributed by atoms with Crippen LogP contribution in [0.25, 0.3) is 0 Å². The number of amides is 1. The average Bonchev–Trinajstić information content (AvgIpc) is 2.47. The van der Waals surface area contributed by atoms with Crippen LogP contribution in [-0.4, -0.2) is 18.2 Å². The van der Waals surface area contributed by atoms with E-state index in [0.29, 0.717) is 15.6 Å². The average molecular weight is 322 g/mol. The first-order valence-electron chi connectivity index (χ1n) is 6.34. The summed E-state index contributed by atoms with van der Waals surface area (Å²) in [5.41, 5.74) is 1.32. The van der Waals surface area contributed by atoms with Gasteiger partial charge in [0.15, 0.2) is 5.78 Å². The molecule has 0 aliphatic carbocycles. The van der Waals surface area contributed by atoms with E-state index >= 15 is 0 Å². The summed E-state index contributed by atoms with van der Waals surface area (Å²) in [4.78, 5) is 23.7. The van der Waals surface area contributed by atoms with Crippen molar-refractivity contribution in [2.75, 3.05) is 6.54 Å². The molecule has 0 fully saturated rings. The normalized spacial score (nSPS) is 10.2. The van der Waals surface area contributed by atoms with E-state index < -0.39 is 0 Å². The maximum atomic E-state index is 11.9. The summed E-state index contributed by atoms with van der Waals surface area (Å²) >= 11 is 11.6. The number of Topliss-reactive ketones (excluding diaryl/α,β-unsaturated/α-hetero) is 1. The van der Waals surface area contributed by atoms with Gasteiger partial charge in [0.25, 0.3) is 0 Å². The van der Waals surface area contributed by atoms with Crippen LogP contribution in [0.5, 0.6) is 0 Å². The molecule has 0 aliphatic heterocycles. The molecule has 1 amide bonds. The number of carbonyl (C=O) groups excluding carboxylic acids is 2. The van der Waals surface area contributed by atoms with Crippen molar-refractivity contribution in [2.24, 2.45) is 0 Å². The first-order chi connectivity index (χ1) is 10.0. The van der Waals surface area contributed by atoms with E-state index in [9.17, 15) is 9.59 Å². The van der Waals surface area contributed by atoms with E-state index in [1.807, 2.05) is 0 Å². The molecule has 0 saturated heterocycles. The van der Waals surface area contributed by atoms with Crippen molar-refractivity contribution in [3.8, 4) is 0 Å². The minimum atomic E-state index is -0.215. The second kappa shape index (κ2) is 7.25. The Labute approximate surface area is 132 Å². The van der Waals surface area contributed by atoms with Gasteiger partial charge in [0.1, 0.15) is 0 Å². The van der Waals surface area contributed by atoms with E-state index in [0.717, 1.165) is 5.56 Å². The Balaban J connectivity index is 1.86. The third-order valence-electron chi connectivity index (χ3n) is 2.87. The molecule has 0 aliphatic rings. The van der Waals surface area contributed by atoms with E-state index in [-0.39, 0.29) is 24.7 Å². The topological polar surface area (TPSA) is 46.2 Å². The standard InChI is InChI=1S/C16H13Cl2NO2/c17-13-6-4-11(5-7-13)8-16(21)19-10-15(20)12-2-1-3-14(18)9-12/h1-7,9H,8,10H2,(H,19,21). The minimum Gasteiger partial charge on any atom is -0.348 e. The van der Waals surface area contributed by atoms with Crippen LogP contribution in [0.1, 0.15) is 15.9 Å². The summed E-state index contributed by atoms with van der Waals surface area (Å²) in [6.45, 7) is -0.0488. The largest absolute Gasteiger partial charge is 0.348 e. The van der Waals surface area contributed by atoms with Crippen LogP contribution in [0.4, 0.5) is 0 Å². The van der Waals surface area contributed by atoms with Crippen LogP contribution in [-0.2, 0) is 11.2 Å². The highest BCUT2D eigenvalue weighted by Crippen LogP contribution is 2.11. The summed E-state index contributed by atoms with van der Waals surface area (Å²) in [5.74, 6) is -0.394. The van der Waals surface area contributed by atoms with Gasteiger partial charge in [0.2, 0.25) is 5.91 Å². The highest BCUT2D eigenvalue weighted by atomic mass is 35.5. The Kier molecular flexibility index (Phi) is 5.37. The lowest BCUT2D eigenvalue weighted by atomic mass is 10.1. The van der Waals surface area contributed by atoms with Crippen LogP contribution in [0.15, 0.2) is 48.5 Å². The molecule has 0 saturated carbocycles. The summed E-state index contributed by atoms with van der Waals surface area (Å²) in [5, 5.41) is 3.71. The van der Waals surface area contributed by atoms with Crippen molar-refractivity contribution in [1.29, 1.82) is 0 Å². The molecule has 0 aromatic heterocycles. The summed E-state index contributed by atoms with van der Waals surface area (Å²) in [6.07, 6.45) is 0.208. The van der Waals surface area contributed by atoms with Gasteiger partial charge in [-0.05, 0) is 29.8 Å². The first kappa shape index (κ1) is 15.5. The lowest BCUT2D eigenvalue weighted by molar-refractivity contribution is -0.120. The third-order valence-corrected chi connectivity index (χ3v) is 3.36. The molecule has 21 heavy (non-hydrogen) atoms. The van der Waals surface area contributed by atoms with E-state index in [4.69, 9.17) is 23.2 Å². The molecule has 0 atom stereocenters. The van der Waals surface area contributed by atoms with Gasteiger partial charge in [-0.1, -0.05) is 47.5 Å². The van der Waals surface area contributed by atoms with Crippen molar-refractivity contribution in [3.05, 3.63) is 69.7 Å². The van der Waals surface area contributed by atoms with Gasteiger partial charge in [0.05, 0.1) is 13.0 Å². The molecule has 1 N–H and O–H groups in total. The molecule has 2 aromatic carbocycles. The van der Waals surface area contributed by atoms with Crippen molar-refractivity contribution in [3.63, 3.8) is 0 Å². The van der Waals surface area contributed by atoms with E-state index in [1.165, 1.54) is 0 Å². The minimum absolute atomic E-state index is 0.0488. The molecule has 0 spiro atoms. The number of nitrogens with one attached hydrogen (secondary N) is 1. The predicted molar refractivity (Wildman–Crippen MR) is 83.9 cm³/mol. The monoisotopic (exact) mass is 321 g/mol. The van der Waals surface area contributed by atoms with Gasteiger partial charge in [-0.15, -0.1) is 0 Å². The quantitative estimate of drug-likeness (QED) is 0.856. The molecule has 2 aromatic rings. The molecule has 108 valence electrons. The van der Waals surface area contributed by atoms with Crippen molar-refractivity contribution >= 4 is 34.9 Å². The first-order valence-corrected chi connectivity index (χ1v) is 7.10. The van der Waals surface area contributed by atoms with E-state index in [2.05, 4.69) is 5.32 Å². The van der Waals surface area contributed by atoms with Crippen LogP contribution in [0.2, 0.25) is 10.0 Å². The number of hydrogen-bond donors (Lipinski definition) is 1.